The Balaban J connectivity index is 3.51. The highest BCUT2D eigenvalue weighted by Gasteiger charge is 2.15. The smallest absolute Gasteiger partial charge is 0.159 e. The lowest BCUT2D eigenvalue weighted by Crippen LogP contribution is -1.98. The maximum absolute atomic E-state index is 13.2. The van der Waals surface area contributed by atoms with E-state index in [1.165, 1.54) is 6.26 Å². The number of hydrogen-bond donors (Lipinski definition) is 1. The second kappa shape index (κ2) is 3.62. The fourth-order valence-corrected chi connectivity index (χ4v) is 1.46. The Kier molecular flexibility index (Phi) is 2.73. The summed E-state index contributed by atoms with van der Waals surface area (Å²) in [5.41, 5.74) is 4.77. The van der Waals surface area contributed by atoms with Crippen molar-refractivity contribution < 1.29 is 8.78 Å². The molecule has 0 saturated heterocycles. The molecule has 0 unspecified atom stereocenters. The van der Waals surface area contributed by atoms with Crippen molar-refractivity contribution in [3.05, 3.63) is 23.3 Å². The topological polar surface area (TPSA) is 49.8 Å². The number of nitrogens with two attached hydrogens (primary N) is 1. The molecule has 0 fully saturated rings. The van der Waals surface area contributed by atoms with Crippen LogP contribution in [0.25, 0.3) is 0 Å². The van der Waals surface area contributed by atoms with Crippen LogP contribution in [0.3, 0.4) is 0 Å². The second-order valence-corrected chi connectivity index (χ2v) is 3.10. The van der Waals surface area contributed by atoms with Crippen molar-refractivity contribution in [2.45, 2.75) is 4.90 Å². The zero-order chi connectivity index (χ0) is 10.0. The van der Waals surface area contributed by atoms with Crippen LogP contribution >= 0.6 is 11.8 Å². The van der Waals surface area contributed by atoms with Crippen molar-refractivity contribution in [2.75, 3.05) is 12.0 Å². The molecule has 0 aliphatic heterocycles. The number of nitrogens with zero attached hydrogens (tertiary/aromatic N) is 1. The molecule has 0 atom stereocenters. The molecule has 0 bridgehead atoms. The maximum Gasteiger partial charge on any atom is 0.159 e. The number of rotatable bonds is 1. The van der Waals surface area contributed by atoms with Gasteiger partial charge in [0.25, 0.3) is 0 Å². The van der Waals surface area contributed by atoms with Gasteiger partial charge in [-0.25, -0.2) is 8.78 Å². The molecule has 1 aromatic carbocycles. The molecule has 1 rings (SSSR count). The van der Waals surface area contributed by atoms with Crippen molar-refractivity contribution in [2.24, 2.45) is 0 Å². The lowest BCUT2D eigenvalue weighted by atomic mass is 10.2. The van der Waals surface area contributed by atoms with Gasteiger partial charge in [0.15, 0.2) is 5.82 Å². The van der Waals surface area contributed by atoms with E-state index in [9.17, 15) is 8.78 Å². The van der Waals surface area contributed by atoms with Crippen LogP contribution in [-0.4, -0.2) is 6.26 Å². The van der Waals surface area contributed by atoms with E-state index >= 15 is 0 Å². The third-order valence-corrected chi connectivity index (χ3v) is 2.31. The van der Waals surface area contributed by atoms with E-state index in [-0.39, 0.29) is 16.1 Å². The molecule has 0 aromatic heterocycles. The summed E-state index contributed by atoms with van der Waals surface area (Å²) in [5, 5.41) is 8.51. The lowest BCUT2D eigenvalue weighted by molar-refractivity contribution is 0.540. The molecule has 2 nitrogen and oxygen atoms in total. The van der Waals surface area contributed by atoms with Crippen LogP contribution < -0.4 is 5.73 Å². The summed E-state index contributed by atoms with van der Waals surface area (Å²) in [6.45, 7) is 0. The van der Waals surface area contributed by atoms with Gasteiger partial charge in [0.1, 0.15) is 17.4 Å². The number of anilines is 1. The van der Waals surface area contributed by atoms with Gasteiger partial charge in [-0.05, 0) is 12.3 Å². The van der Waals surface area contributed by atoms with Crippen LogP contribution in [0.2, 0.25) is 0 Å². The summed E-state index contributed by atoms with van der Waals surface area (Å²) < 4.78 is 26.2. The second-order valence-electron chi connectivity index (χ2n) is 2.28. The standard InChI is InChI=1S/C8H6F2N2S/c1-13-8-5(9)2-6(12)4(3-11)7(8)10/h2H,12H2,1H3. The fourth-order valence-electron chi connectivity index (χ4n) is 0.920. The van der Waals surface area contributed by atoms with Crippen LogP contribution in [0.4, 0.5) is 14.5 Å². The van der Waals surface area contributed by atoms with E-state index in [1.807, 2.05) is 0 Å². The number of benzene rings is 1. The largest absolute Gasteiger partial charge is 0.397 e. The van der Waals surface area contributed by atoms with Crippen molar-refractivity contribution in [1.29, 1.82) is 5.26 Å². The van der Waals surface area contributed by atoms with Gasteiger partial charge in [0.05, 0.1) is 10.6 Å². The summed E-state index contributed by atoms with van der Waals surface area (Å²) in [6, 6.07) is 2.54. The number of nitrogen functional groups attached to an aromatic ring is 1. The molecule has 13 heavy (non-hydrogen) atoms. The van der Waals surface area contributed by atoms with Crippen LogP contribution in [0.15, 0.2) is 11.0 Å². The zero-order valence-electron chi connectivity index (χ0n) is 6.77. The van der Waals surface area contributed by atoms with E-state index in [0.717, 1.165) is 17.8 Å². The van der Waals surface area contributed by atoms with E-state index in [0.29, 0.717) is 0 Å². The highest BCUT2D eigenvalue weighted by Crippen LogP contribution is 2.28. The first-order valence-corrected chi connectivity index (χ1v) is 4.55. The van der Waals surface area contributed by atoms with Gasteiger partial charge in [0, 0.05) is 0 Å². The van der Waals surface area contributed by atoms with Crippen LogP contribution in [0, 0.1) is 23.0 Å². The highest BCUT2D eigenvalue weighted by atomic mass is 32.2. The first kappa shape index (κ1) is 9.81. The molecule has 0 amide bonds. The van der Waals surface area contributed by atoms with Gasteiger partial charge in [-0.1, -0.05) is 0 Å². The van der Waals surface area contributed by atoms with Crippen molar-refractivity contribution in [3.8, 4) is 6.07 Å². The molecule has 0 aliphatic carbocycles. The van der Waals surface area contributed by atoms with Crippen LogP contribution in [0.1, 0.15) is 5.56 Å². The minimum Gasteiger partial charge on any atom is -0.397 e. The first-order valence-electron chi connectivity index (χ1n) is 3.33. The van der Waals surface area contributed by atoms with Gasteiger partial charge in [0.2, 0.25) is 0 Å². The molecule has 2 N–H and O–H groups in total. The Bertz CT molecular complexity index is 385. The predicted octanol–water partition coefficient (Wildman–Crippen LogP) is 2.14. The van der Waals surface area contributed by atoms with Crippen molar-refractivity contribution in [3.63, 3.8) is 0 Å². The summed E-state index contributed by atoms with van der Waals surface area (Å²) >= 11 is 0.904. The monoisotopic (exact) mass is 200 g/mol. The molecule has 0 saturated carbocycles. The average molecular weight is 200 g/mol. The van der Waals surface area contributed by atoms with Gasteiger partial charge >= 0.3 is 0 Å². The molecule has 0 radical (unpaired) electrons. The maximum atomic E-state index is 13.2. The van der Waals surface area contributed by atoms with Gasteiger partial charge < -0.3 is 5.73 Å². The number of nitriles is 1. The minimum absolute atomic E-state index is 0.171. The van der Waals surface area contributed by atoms with Crippen molar-refractivity contribution in [1.82, 2.24) is 0 Å². The van der Waals surface area contributed by atoms with Gasteiger partial charge in [-0.2, -0.15) is 5.26 Å². The Hall–Kier alpha value is -1.28. The molecule has 0 spiro atoms. The Labute approximate surface area is 78.3 Å². The quantitative estimate of drug-likeness (QED) is 0.558. The van der Waals surface area contributed by atoms with E-state index in [2.05, 4.69) is 0 Å². The number of hydrogen-bond acceptors (Lipinski definition) is 3. The summed E-state index contributed by atoms with van der Waals surface area (Å²) in [6.07, 6.45) is 1.53. The third kappa shape index (κ3) is 1.58. The summed E-state index contributed by atoms with van der Waals surface area (Å²) in [5.74, 6) is -1.62. The molecule has 0 heterocycles. The van der Waals surface area contributed by atoms with Crippen LogP contribution in [0.5, 0.6) is 0 Å². The Morgan fingerprint density at radius 3 is 2.62 bits per heavy atom. The Morgan fingerprint density at radius 2 is 2.15 bits per heavy atom. The molecular weight excluding hydrogens is 194 g/mol. The third-order valence-electron chi connectivity index (χ3n) is 1.52. The zero-order valence-corrected chi connectivity index (χ0v) is 7.58. The van der Waals surface area contributed by atoms with E-state index in [4.69, 9.17) is 11.0 Å². The van der Waals surface area contributed by atoms with E-state index in [1.54, 1.807) is 6.07 Å². The highest BCUT2D eigenvalue weighted by molar-refractivity contribution is 7.98. The number of halogens is 2. The Morgan fingerprint density at radius 1 is 1.54 bits per heavy atom. The van der Waals surface area contributed by atoms with Gasteiger partial charge in [-0.15, -0.1) is 11.8 Å². The summed E-state index contributed by atoms with van der Waals surface area (Å²) in [4.78, 5) is -0.175. The molecular formula is C8H6F2N2S. The minimum atomic E-state index is -0.882. The fraction of sp³-hybridized carbons (Fsp3) is 0.125. The molecule has 0 aliphatic rings. The lowest BCUT2D eigenvalue weighted by Gasteiger charge is -2.04. The van der Waals surface area contributed by atoms with Gasteiger partial charge in [-0.3, -0.25) is 0 Å². The number of thioether (sulfide) groups is 1. The molecule has 1 aromatic rings. The average Bonchev–Trinajstić information content (AvgIpc) is 2.04. The SMILES string of the molecule is CSc1c(F)cc(N)c(C#N)c1F. The summed E-state index contributed by atoms with van der Waals surface area (Å²) in [7, 11) is 0. The van der Waals surface area contributed by atoms with Crippen molar-refractivity contribution >= 4 is 17.4 Å². The normalized spacial score (nSPS) is 9.69. The molecule has 68 valence electrons. The van der Waals surface area contributed by atoms with E-state index < -0.39 is 11.6 Å². The first-order chi connectivity index (χ1) is 6.11. The molecule has 5 heteroatoms. The van der Waals surface area contributed by atoms with Crippen LogP contribution in [-0.2, 0) is 0 Å². The predicted molar refractivity (Wildman–Crippen MR) is 47.3 cm³/mol.